The van der Waals surface area contributed by atoms with Crippen molar-refractivity contribution in [3.05, 3.63) is 29.8 Å². The molecule has 1 aliphatic rings. The summed E-state index contributed by atoms with van der Waals surface area (Å²) in [5.74, 6) is -0.346. The maximum atomic E-state index is 12.1. The predicted octanol–water partition coefficient (Wildman–Crippen LogP) is 2.17. The maximum Gasteiger partial charge on any atom is 0.254 e. The Balaban J connectivity index is 2.28. The zero-order valence-corrected chi connectivity index (χ0v) is 10.9. The lowest BCUT2D eigenvalue weighted by Gasteiger charge is -2.24. The molecule has 2 amide bonds. The molecule has 1 aromatic rings. The molecule has 2 rings (SSSR count). The Morgan fingerprint density at radius 3 is 2.50 bits per heavy atom. The number of anilines is 1. The monoisotopic (exact) mass is 246 g/mol. The van der Waals surface area contributed by atoms with Crippen LogP contribution in [0.25, 0.3) is 0 Å². The van der Waals surface area contributed by atoms with E-state index in [4.69, 9.17) is 0 Å². The van der Waals surface area contributed by atoms with Crippen LogP contribution in [0.15, 0.2) is 24.3 Å². The summed E-state index contributed by atoms with van der Waals surface area (Å²) in [4.78, 5) is 24.1. The average Bonchev–Trinajstić information content (AvgIpc) is 2.36. The third kappa shape index (κ3) is 2.70. The molecule has 4 nitrogen and oxygen atoms in total. The van der Waals surface area contributed by atoms with Gasteiger partial charge in [-0.2, -0.15) is 0 Å². The summed E-state index contributed by atoms with van der Waals surface area (Å²) in [5.41, 5.74) is 1.07. The van der Waals surface area contributed by atoms with Crippen molar-refractivity contribution in [3.8, 4) is 0 Å². The molecular weight excluding hydrogens is 228 g/mol. The van der Waals surface area contributed by atoms with Gasteiger partial charge in [0.2, 0.25) is 5.91 Å². The summed E-state index contributed by atoms with van der Waals surface area (Å²) in [6.07, 6.45) is 0.610. The van der Waals surface area contributed by atoms with Crippen LogP contribution >= 0.6 is 0 Å². The molecule has 0 radical (unpaired) electrons. The molecule has 96 valence electrons. The van der Waals surface area contributed by atoms with E-state index in [0.717, 1.165) is 0 Å². The van der Waals surface area contributed by atoms with Gasteiger partial charge in [0.25, 0.3) is 5.91 Å². The SMILES string of the molecule is CC(C)(C)C[C@@H]1NC(=O)c2ccccc2NC1=O. The largest absolute Gasteiger partial charge is 0.340 e. The van der Waals surface area contributed by atoms with Gasteiger partial charge in [0.15, 0.2) is 0 Å². The van der Waals surface area contributed by atoms with Gasteiger partial charge in [-0.15, -0.1) is 0 Å². The van der Waals surface area contributed by atoms with Gasteiger partial charge in [0.05, 0.1) is 11.3 Å². The van der Waals surface area contributed by atoms with Crippen LogP contribution in [0.4, 0.5) is 5.69 Å². The van der Waals surface area contributed by atoms with Crippen molar-refractivity contribution < 1.29 is 9.59 Å². The van der Waals surface area contributed by atoms with Gasteiger partial charge in [-0.1, -0.05) is 32.9 Å². The van der Waals surface area contributed by atoms with Crippen molar-refractivity contribution in [1.29, 1.82) is 0 Å². The van der Waals surface area contributed by atoms with Gasteiger partial charge in [0, 0.05) is 0 Å². The molecule has 1 heterocycles. The van der Waals surface area contributed by atoms with Crippen molar-refractivity contribution in [2.24, 2.45) is 5.41 Å². The first-order valence-corrected chi connectivity index (χ1v) is 6.07. The smallest absolute Gasteiger partial charge is 0.254 e. The minimum atomic E-state index is -0.482. The number of carbonyl (C=O) groups is 2. The highest BCUT2D eigenvalue weighted by atomic mass is 16.2. The van der Waals surface area contributed by atoms with Crippen molar-refractivity contribution >= 4 is 17.5 Å². The molecule has 0 aromatic heterocycles. The number of amides is 2. The zero-order chi connectivity index (χ0) is 13.3. The Kier molecular flexibility index (Phi) is 3.11. The van der Waals surface area contributed by atoms with Gasteiger partial charge in [-0.05, 0) is 24.0 Å². The summed E-state index contributed by atoms with van der Waals surface area (Å²) in [7, 11) is 0. The molecule has 0 bridgehead atoms. The lowest BCUT2D eigenvalue weighted by atomic mass is 9.88. The van der Waals surface area contributed by atoms with E-state index in [0.29, 0.717) is 17.7 Å². The van der Waals surface area contributed by atoms with E-state index in [1.54, 1.807) is 24.3 Å². The number of carbonyl (C=O) groups excluding carboxylic acids is 2. The molecule has 0 aliphatic carbocycles. The van der Waals surface area contributed by atoms with Crippen LogP contribution in [0.3, 0.4) is 0 Å². The number of nitrogens with one attached hydrogen (secondary N) is 2. The second kappa shape index (κ2) is 4.44. The highest BCUT2D eigenvalue weighted by molar-refractivity contribution is 6.09. The van der Waals surface area contributed by atoms with E-state index >= 15 is 0 Å². The standard InChI is InChI=1S/C14H18N2O2/c1-14(2,3)8-11-13(18)15-10-7-5-4-6-9(10)12(17)16-11/h4-7,11H,8H2,1-3H3,(H,15,18)(H,16,17)/t11-/m0/s1. The van der Waals surface area contributed by atoms with Crippen LogP contribution in [0.2, 0.25) is 0 Å². The van der Waals surface area contributed by atoms with Gasteiger partial charge in [0.1, 0.15) is 6.04 Å². The number of fused-ring (bicyclic) bond motifs is 1. The first-order chi connectivity index (χ1) is 8.37. The average molecular weight is 246 g/mol. The highest BCUT2D eigenvalue weighted by Gasteiger charge is 2.30. The van der Waals surface area contributed by atoms with E-state index in [1.807, 2.05) is 20.8 Å². The number of hydrogen-bond donors (Lipinski definition) is 2. The van der Waals surface area contributed by atoms with Crippen LogP contribution in [-0.4, -0.2) is 17.9 Å². The number of rotatable bonds is 1. The minimum Gasteiger partial charge on any atom is -0.340 e. The second-order valence-electron chi connectivity index (χ2n) is 5.83. The third-order valence-electron chi connectivity index (χ3n) is 2.87. The highest BCUT2D eigenvalue weighted by Crippen LogP contribution is 2.24. The first kappa shape index (κ1) is 12.6. The van der Waals surface area contributed by atoms with Gasteiger partial charge >= 0.3 is 0 Å². The lowest BCUT2D eigenvalue weighted by Crippen LogP contribution is -2.43. The van der Waals surface area contributed by atoms with E-state index < -0.39 is 6.04 Å². The summed E-state index contributed by atoms with van der Waals surface area (Å²) in [5, 5.41) is 5.59. The third-order valence-corrected chi connectivity index (χ3v) is 2.87. The molecule has 0 unspecified atom stereocenters. The van der Waals surface area contributed by atoms with Crippen molar-refractivity contribution in [2.45, 2.75) is 33.2 Å². The molecule has 1 aromatic carbocycles. The summed E-state index contributed by atoms with van der Waals surface area (Å²) >= 11 is 0. The van der Waals surface area contributed by atoms with Crippen LogP contribution in [0.1, 0.15) is 37.6 Å². The Morgan fingerprint density at radius 1 is 1.17 bits per heavy atom. The number of hydrogen-bond acceptors (Lipinski definition) is 2. The van der Waals surface area contributed by atoms with Crippen LogP contribution < -0.4 is 10.6 Å². The summed E-state index contributed by atoms with van der Waals surface area (Å²) < 4.78 is 0. The van der Waals surface area contributed by atoms with E-state index in [1.165, 1.54) is 0 Å². The van der Waals surface area contributed by atoms with Gasteiger partial charge < -0.3 is 10.6 Å². The molecule has 0 spiro atoms. The van der Waals surface area contributed by atoms with Crippen LogP contribution in [0, 0.1) is 5.41 Å². The van der Waals surface area contributed by atoms with Crippen LogP contribution in [0.5, 0.6) is 0 Å². The molecule has 0 fully saturated rings. The Labute approximate surface area is 107 Å². The number of para-hydroxylation sites is 1. The molecule has 18 heavy (non-hydrogen) atoms. The maximum absolute atomic E-state index is 12.1. The zero-order valence-electron chi connectivity index (χ0n) is 10.9. The van der Waals surface area contributed by atoms with E-state index in [9.17, 15) is 9.59 Å². The van der Waals surface area contributed by atoms with Crippen LogP contribution in [-0.2, 0) is 4.79 Å². The molecule has 1 aliphatic heterocycles. The van der Waals surface area contributed by atoms with E-state index in [2.05, 4.69) is 10.6 Å². The molecule has 1 atom stereocenters. The molecular formula is C14H18N2O2. The lowest BCUT2D eigenvalue weighted by molar-refractivity contribution is -0.118. The predicted molar refractivity (Wildman–Crippen MR) is 70.4 cm³/mol. The molecule has 0 saturated carbocycles. The molecule has 4 heteroatoms. The Bertz CT molecular complexity index is 489. The number of benzene rings is 1. The second-order valence-corrected chi connectivity index (χ2v) is 5.83. The first-order valence-electron chi connectivity index (χ1n) is 6.07. The fourth-order valence-electron chi connectivity index (χ4n) is 2.07. The quantitative estimate of drug-likeness (QED) is 0.798. The van der Waals surface area contributed by atoms with E-state index in [-0.39, 0.29) is 17.2 Å². The van der Waals surface area contributed by atoms with Gasteiger partial charge in [-0.3, -0.25) is 9.59 Å². The van der Waals surface area contributed by atoms with Crippen molar-refractivity contribution in [1.82, 2.24) is 5.32 Å². The molecule has 2 N–H and O–H groups in total. The summed E-state index contributed by atoms with van der Waals surface area (Å²) in [6.45, 7) is 6.14. The fraction of sp³-hybridized carbons (Fsp3) is 0.429. The minimum absolute atomic E-state index is 0.0220. The van der Waals surface area contributed by atoms with Gasteiger partial charge in [-0.25, -0.2) is 0 Å². The fourth-order valence-corrected chi connectivity index (χ4v) is 2.07. The normalized spacial score (nSPS) is 19.6. The Hall–Kier alpha value is -1.84. The van der Waals surface area contributed by atoms with Crippen molar-refractivity contribution in [3.63, 3.8) is 0 Å². The molecule has 0 saturated heterocycles. The Morgan fingerprint density at radius 2 is 1.83 bits per heavy atom. The topological polar surface area (TPSA) is 58.2 Å². The summed E-state index contributed by atoms with van der Waals surface area (Å²) in [6, 6.07) is 6.56. The van der Waals surface area contributed by atoms with Crippen molar-refractivity contribution in [2.75, 3.05) is 5.32 Å².